The Morgan fingerprint density at radius 3 is 1.81 bits per heavy atom. The number of benzene rings is 3. The molecule has 3 aromatic carbocycles. The first-order chi connectivity index (χ1) is 15.4. The van der Waals surface area contributed by atoms with Crippen molar-refractivity contribution in [3.05, 3.63) is 95.1 Å². The second kappa shape index (κ2) is 9.27. The van der Waals surface area contributed by atoms with E-state index >= 15 is 0 Å². The van der Waals surface area contributed by atoms with Gasteiger partial charge >= 0.3 is 0 Å². The van der Waals surface area contributed by atoms with Crippen LogP contribution in [0.5, 0.6) is 0 Å². The third-order valence-corrected chi connectivity index (χ3v) is 5.54. The highest BCUT2D eigenvalue weighted by Crippen LogP contribution is 2.34. The average molecular weight is 442 g/mol. The molecule has 0 aromatic heterocycles. The number of halogens is 4. The maximum absolute atomic E-state index is 14.9. The fourth-order valence-electron chi connectivity index (χ4n) is 3.75. The fraction of sp³-hybridized carbons (Fsp3) is 0.231. The van der Waals surface area contributed by atoms with Crippen LogP contribution < -0.4 is 0 Å². The van der Waals surface area contributed by atoms with Crippen LogP contribution in [-0.4, -0.2) is 13.2 Å². The van der Waals surface area contributed by atoms with Crippen LogP contribution in [-0.2, 0) is 9.47 Å². The fourth-order valence-corrected chi connectivity index (χ4v) is 3.75. The van der Waals surface area contributed by atoms with Crippen LogP contribution in [0.1, 0.15) is 24.3 Å². The van der Waals surface area contributed by atoms with Crippen molar-refractivity contribution in [2.75, 3.05) is 13.2 Å². The smallest absolute Gasteiger partial charge is 0.186 e. The number of ether oxygens (including phenoxy) is 2. The lowest BCUT2D eigenvalue weighted by molar-refractivity contribution is -0.199. The Labute approximate surface area is 184 Å². The van der Waals surface area contributed by atoms with Crippen molar-refractivity contribution in [2.45, 2.75) is 20.1 Å². The third kappa shape index (κ3) is 4.20. The first-order valence-electron chi connectivity index (χ1n) is 10.3. The molecule has 0 spiro atoms. The Bertz CT molecular complexity index is 1150. The van der Waals surface area contributed by atoms with Gasteiger partial charge in [0.1, 0.15) is 0 Å². The van der Waals surface area contributed by atoms with Crippen molar-refractivity contribution in [1.82, 2.24) is 0 Å². The van der Waals surface area contributed by atoms with Gasteiger partial charge in [-0.25, -0.2) is 17.6 Å². The summed E-state index contributed by atoms with van der Waals surface area (Å²) in [4.78, 5) is 0. The van der Waals surface area contributed by atoms with E-state index in [9.17, 15) is 17.6 Å². The molecule has 6 heteroatoms. The Balaban J connectivity index is 1.58. The van der Waals surface area contributed by atoms with Gasteiger partial charge in [-0.05, 0) is 30.5 Å². The molecule has 0 amide bonds. The van der Waals surface area contributed by atoms with Crippen LogP contribution >= 0.6 is 0 Å². The lowest BCUT2D eigenvalue weighted by Crippen LogP contribution is -2.26. The van der Waals surface area contributed by atoms with Crippen LogP contribution in [0.25, 0.3) is 22.3 Å². The molecule has 0 N–H and O–H groups in total. The van der Waals surface area contributed by atoms with E-state index in [4.69, 9.17) is 9.47 Å². The second-order valence-electron chi connectivity index (χ2n) is 7.75. The molecule has 1 aliphatic heterocycles. The van der Waals surface area contributed by atoms with Gasteiger partial charge < -0.3 is 9.47 Å². The van der Waals surface area contributed by atoms with Crippen LogP contribution in [0, 0.1) is 36.1 Å². The van der Waals surface area contributed by atoms with Crippen molar-refractivity contribution >= 4 is 0 Å². The lowest BCUT2D eigenvalue weighted by atomic mass is 9.97. The first kappa shape index (κ1) is 22.2. The Morgan fingerprint density at radius 2 is 1.25 bits per heavy atom. The molecule has 3 aromatic rings. The molecule has 1 fully saturated rings. The predicted molar refractivity (Wildman–Crippen MR) is 115 cm³/mol. The van der Waals surface area contributed by atoms with Gasteiger partial charge in [-0.2, -0.15) is 0 Å². The summed E-state index contributed by atoms with van der Waals surface area (Å²) in [5.41, 5.74) is 1.20. The number of aryl methyl sites for hydroxylation is 1. The van der Waals surface area contributed by atoms with Crippen molar-refractivity contribution < 1.29 is 27.0 Å². The van der Waals surface area contributed by atoms with Gasteiger partial charge in [0.05, 0.1) is 13.2 Å². The Hall–Kier alpha value is -2.96. The molecule has 4 rings (SSSR count). The van der Waals surface area contributed by atoms with Gasteiger partial charge in [0.25, 0.3) is 0 Å². The van der Waals surface area contributed by atoms with Gasteiger partial charge in [0.15, 0.2) is 29.6 Å². The van der Waals surface area contributed by atoms with Crippen LogP contribution in [0.2, 0.25) is 0 Å². The largest absolute Gasteiger partial charge is 0.348 e. The van der Waals surface area contributed by atoms with Crippen molar-refractivity contribution in [3.63, 3.8) is 0 Å². The van der Waals surface area contributed by atoms with E-state index in [1.54, 1.807) is 24.3 Å². The highest BCUT2D eigenvalue weighted by atomic mass is 19.2. The van der Waals surface area contributed by atoms with Crippen molar-refractivity contribution in [2.24, 2.45) is 5.92 Å². The molecular formula is C26H22F4O2. The Kier molecular flexibility index (Phi) is 6.44. The molecule has 1 saturated heterocycles. The van der Waals surface area contributed by atoms with Crippen LogP contribution in [0.15, 0.2) is 60.7 Å². The predicted octanol–water partition coefficient (Wildman–Crippen LogP) is 7.12. The highest BCUT2D eigenvalue weighted by molar-refractivity contribution is 5.71. The molecule has 166 valence electrons. The second-order valence-corrected chi connectivity index (χ2v) is 7.75. The summed E-state index contributed by atoms with van der Waals surface area (Å²) in [6.07, 6.45) is 2.86. The molecule has 0 saturated carbocycles. The molecular weight excluding hydrogens is 420 g/mol. The van der Waals surface area contributed by atoms with Crippen molar-refractivity contribution in [1.29, 1.82) is 0 Å². The van der Waals surface area contributed by atoms with E-state index in [1.165, 1.54) is 31.2 Å². The molecule has 0 unspecified atom stereocenters. The van der Waals surface area contributed by atoms with Crippen LogP contribution in [0.4, 0.5) is 17.6 Å². The molecule has 0 aliphatic carbocycles. The van der Waals surface area contributed by atoms with Gasteiger partial charge in [-0.3, -0.25) is 0 Å². The van der Waals surface area contributed by atoms with Gasteiger partial charge in [0.2, 0.25) is 0 Å². The summed E-state index contributed by atoms with van der Waals surface area (Å²) < 4.78 is 69.0. The SMILES string of the molecule is CC=CC1COC(c2ccc(-c3ccc(-c4ccc(C)c(F)c4F)cc3)c(F)c2F)OC1. The molecule has 1 heterocycles. The van der Waals surface area contributed by atoms with Crippen molar-refractivity contribution in [3.8, 4) is 22.3 Å². The lowest BCUT2D eigenvalue weighted by Gasteiger charge is -2.28. The van der Waals surface area contributed by atoms with E-state index in [-0.39, 0.29) is 28.2 Å². The number of hydrogen-bond donors (Lipinski definition) is 0. The number of allylic oxidation sites excluding steroid dienone is 1. The minimum atomic E-state index is -1.03. The monoisotopic (exact) mass is 442 g/mol. The maximum Gasteiger partial charge on any atom is 0.186 e. The molecule has 1 aliphatic rings. The quantitative estimate of drug-likeness (QED) is 0.316. The van der Waals surface area contributed by atoms with Gasteiger partial charge in [0, 0.05) is 22.6 Å². The summed E-state index contributed by atoms with van der Waals surface area (Å²) in [5.74, 6) is -3.82. The zero-order chi connectivity index (χ0) is 22.8. The minimum Gasteiger partial charge on any atom is -0.348 e. The topological polar surface area (TPSA) is 18.5 Å². The van der Waals surface area contributed by atoms with Crippen LogP contribution in [0.3, 0.4) is 0 Å². The normalized spacial score (nSPS) is 18.9. The summed E-state index contributed by atoms with van der Waals surface area (Å²) in [7, 11) is 0. The summed E-state index contributed by atoms with van der Waals surface area (Å²) in [5, 5.41) is 0. The van der Waals surface area contributed by atoms with E-state index in [0.717, 1.165) is 0 Å². The molecule has 0 bridgehead atoms. The Morgan fingerprint density at radius 1 is 0.719 bits per heavy atom. The maximum atomic E-state index is 14.9. The highest BCUT2D eigenvalue weighted by Gasteiger charge is 2.27. The van der Waals surface area contributed by atoms with E-state index in [1.807, 2.05) is 19.1 Å². The van der Waals surface area contributed by atoms with E-state index < -0.39 is 29.6 Å². The minimum absolute atomic E-state index is 0.000926. The van der Waals surface area contributed by atoms with E-state index in [0.29, 0.717) is 24.3 Å². The number of rotatable bonds is 4. The summed E-state index contributed by atoms with van der Waals surface area (Å²) in [6.45, 7) is 4.09. The molecule has 0 radical (unpaired) electrons. The van der Waals surface area contributed by atoms with E-state index in [2.05, 4.69) is 0 Å². The molecule has 0 atom stereocenters. The number of hydrogen-bond acceptors (Lipinski definition) is 2. The molecule has 32 heavy (non-hydrogen) atoms. The van der Waals surface area contributed by atoms with Gasteiger partial charge in [-0.15, -0.1) is 0 Å². The summed E-state index contributed by atoms with van der Waals surface area (Å²) >= 11 is 0. The zero-order valence-electron chi connectivity index (χ0n) is 17.7. The first-order valence-corrected chi connectivity index (χ1v) is 10.3. The summed E-state index contributed by atoms with van der Waals surface area (Å²) in [6, 6.07) is 12.1. The zero-order valence-corrected chi connectivity index (χ0v) is 17.7. The standard InChI is InChI=1S/C26H22F4O2/c1-3-4-16-13-31-26(32-14-16)21-12-11-20(24(29)25(21)30)18-8-6-17(7-9-18)19-10-5-15(2)22(27)23(19)28/h3-12,16,26H,13-14H2,1-2H3. The average Bonchev–Trinajstić information content (AvgIpc) is 2.81. The third-order valence-electron chi connectivity index (χ3n) is 5.54. The van der Waals surface area contributed by atoms with Gasteiger partial charge in [-0.1, -0.05) is 60.7 Å². The molecule has 2 nitrogen and oxygen atoms in total.